The first-order valence-corrected chi connectivity index (χ1v) is 56.1. The van der Waals surface area contributed by atoms with Crippen LogP contribution in [0.4, 0.5) is 0 Å². The third-order valence-corrected chi connectivity index (χ3v) is 39.1. The molecule has 0 aromatic heterocycles. The first kappa shape index (κ1) is 94.0. The summed E-state index contributed by atoms with van der Waals surface area (Å²) in [5.74, 6) is 5.22. The molecule has 15 aliphatic carbocycles. The second kappa shape index (κ2) is 40.0. The van der Waals surface area contributed by atoms with Crippen LogP contribution >= 0.6 is 0 Å². The Morgan fingerprint density at radius 2 is 0.452 bits per heavy atom. The van der Waals surface area contributed by atoms with Gasteiger partial charge in [-0.05, 0) is 356 Å². The van der Waals surface area contributed by atoms with Crippen molar-refractivity contribution in [1.29, 1.82) is 0 Å². The van der Waals surface area contributed by atoms with Crippen molar-refractivity contribution in [2.75, 3.05) is 0 Å². The molecule has 0 saturated heterocycles. The zero-order valence-corrected chi connectivity index (χ0v) is 84.6. The van der Waals surface area contributed by atoms with Gasteiger partial charge in [0.05, 0.1) is 0 Å². The molecule has 10 aromatic carbocycles. The third-order valence-electron chi connectivity index (χ3n) is 39.1. The summed E-state index contributed by atoms with van der Waals surface area (Å²) in [7, 11) is 0. The molecule has 12 bridgehead atoms. The Hall–Kier alpha value is -8.58. The minimum Gasteiger partial charge on any atom is -0.0985 e. The highest BCUT2D eigenvalue weighted by molar-refractivity contribution is 5.86. The largest absolute Gasteiger partial charge is 0.0985 e. The van der Waals surface area contributed by atoms with Gasteiger partial charge in [-0.15, -0.1) is 0 Å². The summed E-state index contributed by atoms with van der Waals surface area (Å²) in [5, 5.41) is 0. The maximum atomic E-state index is 4.01. The molecule has 12 fully saturated rings. The molecule has 0 N–H and O–H groups in total. The van der Waals surface area contributed by atoms with Gasteiger partial charge in [-0.2, -0.15) is 0 Å². The number of unbranched alkanes of at least 4 members (excludes halogenated alkanes) is 18. The van der Waals surface area contributed by atoms with Crippen LogP contribution in [0.1, 0.15) is 433 Å². The lowest BCUT2D eigenvalue weighted by atomic mass is 9.41. The molecule has 0 spiro atoms. The summed E-state index contributed by atoms with van der Waals surface area (Å²) in [5.41, 5.74) is 37.8. The molecule has 12 saturated carbocycles. The summed E-state index contributed by atoms with van der Waals surface area (Å²) in [6.07, 6.45) is 70.9. The lowest BCUT2D eigenvalue weighted by Crippen LogP contribution is -2.56. The molecule has 10 aromatic rings. The van der Waals surface area contributed by atoms with Gasteiger partial charge in [0.15, 0.2) is 0 Å². The second-order valence-electron chi connectivity index (χ2n) is 47.6. The lowest BCUT2D eigenvalue weighted by molar-refractivity contribution is -0.0283. The molecule has 706 valence electrons. The highest BCUT2D eigenvalue weighted by atomic mass is 14.7. The fourth-order valence-electron chi connectivity index (χ4n) is 34.1. The van der Waals surface area contributed by atoms with Crippen molar-refractivity contribution in [3.63, 3.8) is 0 Å². The Morgan fingerprint density at radius 3 is 0.770 bits per heavy atom. The van der Waals surface area contributed by atoms with Crippen LogP contribution in [-0.4, -0.2) is 0 Å². The van der Waals surface area contributed by atoms with Crippen LogP contribution in [-0.2, 0) is 48.7 Å². The SMILES string of the molecule is C=Cc1ccc(C23CC4CC(C2)CC(c2ccc(-c5ccc6c(c5)C(CCCCCC)(CCCCCC)c5ccccc5-6)cc2)(C4)C3)cc1.C=Cc1ccc(C23CC4CC(C2)CC(c2ccc5c(c2)-c2ccccc2C5(CCCCCC)CCCCCC)(C4)C3)cc1.C=Cc1ccc(C23CC4CC(C2)CC(c2ccc5c(c2)C(CCCCCC)(CCCCCC)c2ccccc2-5)(C4)C3)cc1. The number of fused-ring (bicyclic) bond motifs is 9. The average Bonchev–Trinajstić information content (AvgIpc) is 1.13. The van der Waals surface area contributed by atoms with Gasteiger partial charge in [-0.3, -0.25) is 0 Å². The first-order chi connectivity index (χ1) is 66.1. The van der Waals surface area contributed by atoms with Crippen LogP contribution in [0.3, 0.4) is 0 Å². The van der Waals surface area contributed by atoms with E-state index in [2.05, 4.69) is 286 Å². The molecule has 0 amide bonds. The van der Waals surface area contributed by atoms with Gasteiger partial charge in [0.25, 0.3) is 0 Å². The Labute approximate surface area is 818 Å². The van der Waals surface area contributed by atoms with Crippen molar-refractivity contribution in [1.82, 2.24) is 0 Å². The highest BCUT2D eigenvalue weighted by Gasteiger charge is 2.63. The molecule has 15 aliphatic rings. The standard InChI is InChI=1S/C49H58.2C43H54/c1-4-7-9-13-27-49(28-14-10-8-5-2)45-16-12-11-15-43(45)44-26-21-40(30-46(44)49)39-19-24-42(25-20-39)48-33-37-29-38(34-48)32-47(31-37,35-48)41-22-17-36(6-3)18-23-41;1-4-7-9-13-23-43(24-14-10-8-5-2)39-16-12-11-15-37(39)38-26-36(21-22-40(38)43)42-29-33-25-34(30-42)28-41(27-33,31-42)35-19-17-32(6-3)18-20-35;1-4-7-9-13-23-43(24-14-10-8-5-2)39-16-12-11-15-37(39)38-22-21-36(26-40(38)43)42-29-33-25-34(30-42)28-41(27-33,31-42)35-19-17-32(6-3)18-20-35/h6,11-12,15-26,30,37-38H,3-5,7-10,13-14,27-29,31-35H2,1-2H3;2*6,11-12,15-22,26,33-34H,3-5,7-10,13-14,23-25,27-31H2,1-2H3. The highest BCUT2D eigenvalue weighted by Crippen LogP contribution is 2.71. The van der Waals surface area contributed by atoms with E-state index < -0.39 is 0 Å². The van der Waals surface area contributed by atoms with Crippen LogP contribution in [0, 0.1) is 35.5 Å². The molecule has 0 radical (unpaired) electrons. The Kier molecular flexibility index (Phi) is 27.8. The van der Waals surface area contributed by atoms with E-state index in [0.29, 0.717) is 32.5 Å². The van der Waals surface area contributed by atoms with Crippen molar-refractivity contribution in [3.05, 3.63) is 328 Å². The monoisotopic (exact) mass is 1790 g/mol. The number of hydrogen-bond acceptors (Lipinski definition) is 0. The minimum atomic E-state index is 0.140. The second-order valence-corrected chi connectivity index (χ2v) is 47.6. The van der Waals surface area contributed by atoms with E-state index in [0.717, 1.165) is 35.5 Å². The Bertz CT molecular complexity index is 5690. The van der Waals surface area contributed by atoms with E-state index in [1.807, 2.05) is 18.2 Å². The van der Waals surface area contributed by atoms with Gasteiger partial charge < -0.3 is 0 Å². The van der Waals surface area contributed by atoms with Crippen molar-refractivity contribution >= 4 is 18.2 Å². The molecule has 25 rings (SSSR count). The quantitative estimate of drug-likeness (QED) is 0.0336. The van der Waals surface area contributed by atoms with Crippen molar-refractivity contribution < 1.29 is 0 Å². The maximum Gasteiger partial charge on any atom is 0.0215 e. The molecule has 6 atom stereocenters. The van der Waals surface area contributed by atoms with Gasteiger partial charge in [-0.25, -0.2) is 0 Å². The Balaban J connectivity index is 0.000000126. The van der Waals surface area contributed by atoms with E-state index in [-0.39, 0.29) is 16.2 Å². The average molecular weight is 1790 g/mol. The molecule has 0 nitrogen and oxygen atoms in total. The van der Waals surface area contributed by atoms with Crippen LogP contribution in [0.5, 0.6) is 0 Å². The van der Waals surface area contributed by atoms with Crippen LogP contribution in [0.15, 0.2) is 244 Å². The molecule has 0 heterocycles. The number of hydrogen-bond donors (Lipinski definition) is 0. The van der Waals surface area contributed by atoms with E-state index >= 15 is 0 Å². The maximum absolute atomic E-state index is 4.01. The fourth-order valence-corrected chi connectivity index (χ4v) is 34.1. The van der Waals surface area contributed by atoms with Gasteiger partial charge in [0, 0.05) is 16.2 Å². The van der Waals surface area contributed by atoms with Crippen molar-refractivity contribution in [2.24, 2.45) is 35.5 Å². The van der Waals surface area contributed by atoms with Crippen LogP contribution in [0.25, 0.3) is 62.7 Å². The van der Waals surface area contributed by atoms with Crippen molar-refractivity contribution in [3.8, 4) is 44.5 Å². The van der Waals surface area contributed by atoms with E-state index in [4.69, 9.17) is 0 Å². The summed E-state index contributed by atoms with van der Waals surface area (Å²) >= 11 is 0. The molecule has 135 heavy (non-hydrogen) atoms. The predicted molar refractivity (Wildman–Crippen MR) is 580 cm³/mol. The zero-order chi connectivity index (χ0) is 92.5. The molecular weight excluding hydrogens is 1620 g/mol. The first-order valence-electron chi connectivity index (χ1n) is 56.1. The molecular formula is C135H166. The minimum absolute atomic E-state index is 0.140. The molecule has 6 unspecified atom stereocenters. The van der Waals surface area contributed by atoms with Crippen LogP contribution in [0.2, 0.25) is 0 Å². The predicted octanol–water partition coefficient (Wildman–Crippen LogP) is 38.6. The fraction of sp³-hybridized carbons (Fsp3) is 0.511. The van der Waals surface area contributed by atoms with Gasteiger partial charge >= 0.3 is 0 Å². The topological polar surface area (TPSA) is 0 Å². The van der Waals surface area contributed by atoms with E-state index in [1.165, 1.54) is 353 Å². The summed E-state index contributed by atoms with van der Waals surface area (Å²) in [6.45, 7) is 26.1. The normalized spacial score (nSPS) is 26.9. The van der Waals surface area contributed by atoms with Crippen molar-refractivity contribution in [2.45, 2.75) is 398 Å². The zero-order valence-electron chi connectivity index (χ0n) is 84.6. The van der Waals surface area contributed by atoms with Gasteiger partial charge in [0.2, 0.25) is 0 Å². The number of rotatable bonds is 40. The molecule has 0 heteroatoms. The van der Waals surface area contributed by atoms with Crippen LogP contribution < -0.4 is 0 Å². The number of benzene rings is 10. The van der Waals surface area contributed by atoms with E-state index in [9.17, 15) is 0 Å². The van der Waals surface area contributed by atoms with Gasteiger partial charge in [-0.1, -0.05) is 452 Å². The lowest BCUT2D eigenvalue weighted by Gasteiger charge is -2.63. The smallest absolute Gasteiger partial charge is 0.0215 e. The van der Waals surface area contributed by atoms with E-state index in [1.54, 1.807) is 83.5 Å². The third kappa shape index (κ3) is 17.6. The molecule has 0 aliphatic heterocycles. The summed E-state index contributed by atoms with van der Waals surface area (Å²) in [4.78, 5) is 0. The summed E-state index contributed by atoms with van der Waals surface area (Å²) < 4.78 is 0. The Morgan fingerprint density at radius 1 is 0.215 bits per heavy atom. The summed E-state index contributed by atoms with van der Waals surface area (Å²) in [6, 6.07) is 90.6. The van der Waals surface area contributed by atoms with Gasteiger partial charge in [0.1, 0.15) is 0 Å².